The van der Waals surface area contributed by atoms with Crippen molar-refractivity contribution in [1.29, 1.82) is 0 Å². The van der Waals surface area contributed by atoms with E-state index < -0.39 is 10.0 Å². The van der Waals surface area contributed by atoms with Gasteiger partial charge >= 0.3 is 0 Å². The lowest BCUT2D eigenvalue weighted by atomic mass is 10.1. The van der Waals surface area contributed by atoms with Crippen molar-refractivity contribution in [3.05, 3.63) is 18.2 Å². The average molecular weight is 328 g/mol. The molecule has 1 aromatic carbocycles. The lowest BCUT2D eigenvalue weighted by Gasteiger charge is -2.32. The van der Waals surface area contributed by atoms with Gasteiger partial charge in [-0.05, 0) is 31.9 Å². The van der Waals surface area contributed by atoms with E-state index in [0.717, 1.165) is 30.0 Å². The highest BCUT2D eigenvalue weighted by Crippen LogP contribution is 2.30. The quantitative estimate of drug-likeness (QED) is 0.864. The van der Waals surface area contributed by atoms with Gasteiger partial charge in [0.15, 0.2) is 0 Å². The van der Waals surface area contributed by atoms with Crippen molar-refractivity contribution < 1.29 is 17.9 Å². The smallest absolute Gasteiger partial charge is 0.213 e. The first-order valence-electron chi connectivity index (χ1n) is 7.46. The Kier molecular flexibility index (Phi) is 5.52. The van der Waals surface area contributed by atoms with Gasteiger partial charge in [0, 0.05) is 25.2 Å². The second-order valence-corrected chi connectivity index (χ2v) is 7.54. The highest BCUT2D eigenvalue weighted by molar-refractivity contribution is 7.89. The summed E-state index contributed by atoms with van der Waals surface area (Å²) in [5.41, 5.74) is 0.874. The molecule has 1 N–H and O–H groups in total. The first kappa shape index (κ1) is 16.9. The van der Waals surface area contributed by atoms with Crippen LogP contribution in [0.2, 0.25) is 0 Å². The standard InChI is InChI=1S/C15H24N2O4S/c1-4-22(18,19)17-9-7-12(8-10-17)16-14-11-13(20-2)5-6-15(14)21-3/h5-6,11-12,16H,4,7-10H2,1-3H3. The van der Waals surface area contributed by atoms with Gasteiger partial charge in [0.25, 0.3) is 0 Å². The monoisotopic (exact) mass is 328 g/mol. The lowest BCUT2D eigenvalue weighted by Crippen LogP contribution is -2.42. The van der Waals surface area contributed by atoms with E-state index in [1.54, 1.807) is 25.4 Å². The minimum Gasteiger partial charge on any atom is -0.497 e. The molecular formula is C15H24N2O4S. The third-order valence-corrected chi connectivity index (χ3v) is 5.86. The van der Waals surface area contributed by atoms with Crippen LogP contribution in [-0.4, -0.2) is 51.8 Å². The molecule has 6 nitrogen and oxygen atoms in total. The third kappa shape index (κ3) is 3.84. The summed E-state index contributed by atoms with van der Waals surface area (Å²) >= 11 is 0. The van der Waals surface area contributed by atoms with Crippen molar-refractivity contribution in [3.8, 4) is 11.5 Å². The molecule has 1 aromatic rings. The van der Waals surface area contributed by atoms with Crippen LogP contribution < -0.4 is 14.8 Å². The molecule has 0 unspecified atom stereocenters. The summed E-state index contributed by atoms with van der Waals surface area (Å²) in [5.74, 6) is 1.67. The number of piperidine rings is 1. The molecule has 7 heteroatoms. The fourth-order valence-electron chi connectivity index (χ4n) is 2.61. The van der Waals surface area contributed by atoms with Crippen LogP contribution >= 0.6 is 0 Å². The van der Waals surface area contributed by atoms with Crippen molar-refractivity contribution in [2.45, 2.75) is 25.8 Å². The summed E-state index contributed by atoms with van der Waals surface area (Å²) in [7, 11) is 0.173. The van der Waals surface area contributed by atoms with Crippen LogP contribution in [-0.2, 0) is 10.0 Å². The number of anilines is 1. The van der Waals surface area contributed by atoms with Gasteiger partial charge in [0.2, 0.25) is 10.0 Å². The van der Waals surface area contributed by atoms with Crippen molar-refractivity contribution >= 4 is 15.7 Å². The van der Waals surface area contributed by atoms with E-state index in [-0.39, 0.29) is 11.8 Å². The Morgan fingerprint density at radius 3 is 2.45 bits per heavy atom. The fourth-order valence-corrected chi connectivity index (χ4v) is 3.74. The zero-order chi connectivity index (χ0) is 16.2. The zero-order valence-corrected chi connectivity index (χ0v) is 14.1. The number of sulfonamides is 1. The number of nitrogens with one attached hydrogen (secondary N) is 1. The summed E-state index contributed by atoms with van der Waals surface area (Å²) < 4.78 is 35.9. The first-order valence-corrected chi connectivity index (χ1v) is 9.07. The topological polar surface area (TPSA) is 67.9 Å². The fraction of sp³-hybridized carbons (Fsp3) is 0.600. The number of hydrogen-bond acceptors (Lipinski definition) is 5. The van der Waals surface area contributed by atoms with Gasteiger partial charge in [-0.2, -0.15) is 0 Å². The largest absolute Gasteiger partial charge is 0.497 e. The van der Waals surface area contributed by atoms with Crippen LogP contribution in [0.15, 0.2) is 18.2 Å². The predicted octanol–water partition coefficient (Wildman–Crippen LogP) is 1.93. The van der Waals surface area contributed by atoms with Crippen molar-refractivity contribution in [3.63, 3.8) is 0 Å². The van der Waals surface area contributed by atoms with E-state index in [1.807, 2.05) is 18.2 Å². The number of nitrogens with zero attached hydrogens (tertiary/aromatic N) is 1. The summed E-state index contributed by atoms with van der Waals surface area (Å²) in [6.45, 7) is 2.79. The second-order valence-electron chi connectivity index (χ2n) is 5.28. The molecule has 22 heavy (non-hydrogen) atoms. The molecule has 2 rings (SSSR count). The number of rotatable bonds is 6. The van der Waals surface area contributed by atoms with Crippen molar-refractivity contribution in [2.75, 3.05) is 38.4 Å². The van der Waals surface area contributed by atoms with Gasteiger partial charge in [-0.3, -0.25) is 0 Å². The third-order valence-electron chi connectivity index (χ3n) is 3.98. The Morgan fingerprint density at radius 1 is 1.23 bits per heavy atom. The molecule has 1 heterocycles. The molecule has 0 saturated carbocycles. The summed E-state index contributed by atoms with van der Waals surface area (Å²) in [4.78, 5) is 0. The first-order chi connectivity index (χ1) is 10.5. The predicted molar refractivity (Wildman–Crippen MR) is 87.2 cm³/mol. The van der Waals surface area contributed by atoms with E-state index in [0.29, 0.717) is 13.1 Å². The zero-order valence-electron chi connectivity index (χ0n) is 13.3. The van der Waals surface area contributed by atoms with Gasteiger partial charge in [-0.15, -0.1) is 0 Å². The SMILES string of the molecule is CCS(=O)(=O)N1CCC(Nc2cc(OC)ccc2OC)CC1. The van der Waals surface area contributed by atoms with Gasteiger partial charge in [-0.1, -0.05) is 0 Å². The van der Waals surface area contributed by atoms with Crippen LogP contribution in [0.3, 0.4) is 0 Å². The maximum atomic E-state index is 11.9. The van der Waals surface area contributed by atoms with E-state index in [9.17, 15) is 8.42 Å². The Balaban J connectivity index is 2.02. The van der Waals surface area contributed by atoms with E-state index >= 15 is 0 Å². The van der Waals surface area contributed by atoms with Crippen LogP contribution in [0.25, 0.3) is 0 Å². The van der Waals surface area contributed by atoms with E-state index in [4.69, 9.17) is 9.47 Å². The average Bonchev–Trinajstić information content (AvgIpc) is 2.55. The van der Waals surface area contributed by atoms with Crippen LogP contribution in [0, 0.1) is 0 Å². The second kappa shape index (κ2) is 7.19. The summed E-state index contributed by atoms with van der Waals surface area (Å²) in [6.07, 6.45) is 1.55. The molecule has 0 spiro atoms. The summed E-state index contributed by atoms with van der Waals surface area (Å²) in [6, 6.07) is 5.83. The molecule has 1 fully saturated rings. The molecule has 124 valence electrons. The molecule has 0 bridgehead atoms. The normalized spacial score (nSPS) is 17.2. The highest BCUT2D eigenvalue weighted by Gasteiger charge is 2.27. The Labute approximate surface area is 132 Å². The number of benzene rings is 1. The van der Waals surface area contributed by atoms with Crippen LogP contribution in [0.4, 0.5) is 5.69 Å². The highest BCUT2D eigenvalue weighted by atomic mass is 32.2. The van der Waals surface area contributed by atoms with Gasteiger partial charge in [0.05, 0.1) is 25.7 Å². The molecule has 1 aliphatic heterocycles. The molecule has 0 atom stereocenters. The van der Waals surface area contributed by atoms with Gasteiger partial charge < -0.3 is 14.8 Å². The molecule has 1 saturated heterocycles. The van der Waals surface area contributed by atoms with Gasteiger partial charge in [-0.25, -0.2) is 12.7 Å². The molecular weight excluding hydrogens is 304 g/mol. The molecule has 0 radical (unpaired) electrons. The van der Waals surface area contributed by atoms with Gasteiger partial charge in [0.1, 0.15) is 11.5 Å². The molecule has 0 amide bonds. The van der Waals surface area contributed by atoms with Crippen molar-refractivity contribution in [2.24, 2.45) is 0 Å². The molecule has 0 aliphatic carbocycles. The minimum atomic E-state index is -3.08. The molecule has 0 aromatic heterocycles. The Bertz CT molecular complexity index is 596. The lowest BCUT2D eigenvalue weighted by molar-refractivity contribution is 0.329. The summed E-state index contributed by atoms with van der Waals surface area (Å²) in [5, 5.41) is 3.44. The number of methoxy groups -OCH3 is 2. The van der Waals surface area contributed by atoms with Crippen LogP contribution in [0.1, 0.15) is 19.8 Å². The molecule has 1 aliphatic rings. The Morgan fingerprint density at radius 2 is 1.91 bits per heavy atom. The van der Waals surface area contributed by atoms with E-state index in [1.165, 1.54) is 0 Å². The maximum absolute atomic E-state index is 11.9. The maximum Gasteiger partial charge on any atom is 0.213 e. The van der Waals surface area contributed by atoms with Crippen molar-refractivity contribution in [1.82, 2.24) is 4.31 Å². The van der Waals surface area contributed by atoms with Crippen LogP contribution in [0.5, 0.6) is 11.5 Å². The number of hydrogen-bond donors (Lipinski definition) is 1. The number of ether oxygens (including phenoxy) is 2. The minimum absolute atomic E-state index is 0.162. The van der Waals surface area contributed by atoms with E-state index in [2.05, 4.69) is 5.32 Å². The Hall–Kier alpha value is -1.47.